The van der Waals surface area contributed by atoms with Gasteiger partial charge in [-0.25, -0.2) is 0 Å². The second kappa shape index (κ2) is 6.40. The van der Waals surface area contributed by atoms with E-state index in [0.29, 0.717) is 17.8 Å². The van der Waals surface area contributed by atoms with Gasteiger partial charge in [0.25, 0.3) is 0 Å². The molecule has 2 rings (SSSR count). The average molecular weight is 262 g/mol. The number of aromatic hydroxyl groups is 1. The third kappa shape index (κ3) is 3.48. The predicted molar refractivity (Wildman–Crippen MR) is 79.6 cm³/mol. The monoisotopic (exact) mass is 262 g/mol. The van der Waals surface area contributed by atoms with E-state index in [0.717, 1.165) is 25.9 Å². The zero-order valence-electron chi connectivity index (χ0n) is 12.3. The predicted octanol–water partition coefficient (Wildman–Crippen LogP) is 2.70. The Labute approximate surface area is 116 Å². The van der Waals surface area contributed by atoms with Crippen molar-refractivity contribution < 1.29 is 5.11 Å². The van der Waals surface area contributed by atoms with Gasteiger partial charge in [0.15, 0.2) is 0 Å². The zero-order valence-corrected chi connectivity index (χ0v) is 12.3. The van der Waals surface area contributed by atoms with Crippen molar-refractivity contribution in [3.8, 4) is 5.75 Å². The molecule has 0 heterocycles. The first-order valence-electron chi connectivity index (χ1n) is 7.37. The minimum atomic E-state index is 0.385. The maximum absolute atomic E-state index is 9.49. The van der Waals surface area contributed by atoms with Crippen LogP contribution in [0.1, 0.15) is 43.9 Å². The van der Waals surface area contributed by atoms with Gasteiger partial charge in [-0.15, -0.1) is 0 Å². The molecule has 0 saturated heterocycles. The van der Waals surface area contributed by atoms with Gasteiger partial charge in [0.2, 0.25) is 0 Å². The molecule has 1 aliphatic carbocycles. The Bertz CT molecular complexity index is 419. The molecule has 2 unspecified atom stereocenters. The molecule has 3 nitrogen and oxygen atoms in total. The molecule has 2 atom stereocenters. The Morgan fingerprint density at radius 3 is 3.00 bits per heavy atom. The van der Waals surface area contributed by atoms with E-state index in [2.05, 4.69) is 37.2 Å². The highest BCUT2D eigenvalue weighted by Crippen LogP contribution is 2.32. The van der Waals surface area contributed by atoms with Crippen LogP contribution in [0.4, 0.5) is 0 Å². The highest BCUT2D eigenvalue weighted by atomic mass is 16.3. The number of aryl methyl sites for hydroxylation is 1. The molecule has 0 aliphatic heterocycles. The molecule has 3 heteroatoms. The van der Waals surface area contributed by atoms with Gasteiger partial charge in [-0.1, -0.05) is 13.0 Å². The smallest absolute Gasteiger partial charge is 0.115 e. The van der Waals surface area contributed by atoms with Crippen molar-refractivity contribution in [3.05, 3.63) is 29.3 Å². The van der Waals surface area contributed by atoms with Crippen LogP contribution in [0.25, 0.3) is 0 Å². The first kappa shape index (κ1) is 14.4. The largest absolute Gasteiger partial charge is 0.508 e. The van der Waals surface area contributed by atoms with Gasteiger partial charge in [0.05, 0.1) is 0 Å². The van der Waals surface area contributed by atoms with E-state index in [4.69, 9.17) is 0 Å². The minimum Gasteiger partial charge on any atom is -0.508 e. The SMILES string of the molecule is CCC(C)N(C)CCNC1CCc2cc(O)ccc21. The summed E-state index contributed by atoms with van der Waals surface area (Å²) in [6, 6.07) is 6.87. The second-order valence-corrected chi connectivity index (χ2v) is 5.67. The van der Waals surface area contributed by atoms with Crippen molar-refractivity contribution >= 4 is 0 Å². The average Bonchev–Trinajstić information content (AvgIpc) is 2.80. The van der Waals surface area contributed by atoms with Crippen molar-refractivity contribution in [1.82, 2.24) is 10.2 Å². The lowest BCUT2D eigenvalue weighted by Crippen LogP contribution is -2.35. The summed E-state index contributed by atoms with van der Waals surface area (Å²) in [4.78, 5) is 2.40. The Morgan fingerprint density at radius 1 is 1.47 bits per heavy atom. The number of likely N-dealkylation sites (N-methyl/N-ethyl adjacent to an activating group) is 1. The van der Waals surface area contributed by atoms with Crippen LogP contribution in [0.5, 0.6) is 5.75 Å². The fourth-order valence-electron chi connectivity index (χ4n) is 2.76. The maximum atomic E-state index is 9.49. The van der Waals surface area contributed by atoms with Crippen LogP contribution >= 0.6 is 0 Å². The lowest BCUT2D eigenvalue weighted by molar-refractivity contribution is 0.248. The van der Waals surface area contributed by atoms with Gasteiger partial charge in [-0.05, 0) is 56.5 Å². The Kier molecular flexibility index (Phi) is 4.83. The quantitative estimate of drug-likeness (QED) is 0.827. The summed E-state index contributed by atoms with van der Waals surface area (Å²) < 4.78 is 0. The summed E-state index contributed by atoms with van der Waals surface area (Å²) in [5, 5.41) is 13.1. The van der Waals surface area contributed by atoms with Gasteiger partial charge >= 0.3 is 0 Å². The number of fused-ring (bicyclic) bond motifs is 1. The van der Waals surface area contributed by atoms with Crippen LogP contribution in [-0.4, -0.2) is 36.2 Å². The van der Waals surface area contributed by atoms with Gasteiger partial charge in [0.1, 0.15) is 5.75 Å². The number of nitrogens with zero attached hydrogens (tertiary/aromatic N) is 1. The van der Waals surface area contributed by atoms with E-state index >= 15 is 0 Å². The highest BCUT2D eigenvalue weighted by Gasteiger charge is 2.22. The number of nitrogens with one attached hydrogen (secondary N) is 1. The van der Waals surface area contributed by atoms with Crippen LogP contribution in [0.2, 0.25) is 0 Å². The van der Waals surface area contributed by atoms with E-state index in [1.165, 1.54) is 17.5 Å². The molecule has 0 fully saturated rings. The molecular formula is C16H26N2O. The minimum absolute atomic E-state index is 0.385. The summed E-state index contributed by atoms with van der Waals surface area (Å²) in [6.45, 7) is 6.60. The first-order chi connectivity index (χ1) is 9.11. The normalized spacial score (nSPS) is 19.7. The van der Waals surface area contributed by atoms with E-state index in [1.54, 1.807) is 6.07 Å². The third-order valence-electron chi connectivity index (χ3n) is 4.40. The lowest BCUT2D eigenvalue weighted by Gasteiger charge is -2.24. The second-order valence-electron chi connectivity index (χ2n) is 5.67. The summed E-state index contributed by atoms with van der Waals surface area (Å²) in [7, 11) is 2.19. The molecule has 0 aromatic heterocycles. The van der Waals surface area contributed by atoms with E-state index in [-0.39, 0.29) is 0 Å². The number of phenols is 1. The van der Waals surface area contributed by atoms with Crippen molar-refractivity contribution in [2.24, 2.45) is 0 Å². The molecule has 1 aromatic rings. The molecular weight excluding hydrogens is 236 g/mol. The molecule has 0 bridgehead atoms. The number of phenolic OH excluding ortho intramolecular Hbond substituents is 1. The van der Waals surface area contributed by atoms with Gasteiger partial charge in [0, 0.05) is 25.2 Å². The van der Waals surface area contributed by atoms with Gasteiger partial charge in [-0.3, -0.25) is 0 Å². The van der Waals surface area contributed by atoms with Crippen LogP contribution in [-0.2, 0) is 6.42 Å². The van der Waals surface area contributed by atoms with Crippen molar-refractivity contribution in [2.75, 3.05) is 20.1 Å². The fraction of sp³-hybridized carbons (Fsp3) is 0.625. The van der Waals surface area contributed by atoms with E-state index in [1.807, 2.05) is 6.07 Å². The van der Waals surface area contributed by atoms with Crippen LogP contribution in [0.15, 0.2) is 18.2 Å². The van der Waals surface area contributed by atoms with E-state index in [9.17, 15) is 5.11 Å². The fourth-order valence-corrected chi connectivity index (χ4v) is 2.76. The van der Waals surface area contributed by atoms with Crippen LogP contribution in [0, 0.1) is 0 Å². The molecule has 0 spiro atoms. The maximum Gasteiger partial charge on any atom is 0.115 e. The lowest BCUT2D eigenvalue weighted by atomic mass is 10.1. The van der Waals surface area contributed by atoms with Gasteiger partial charge in [-0.2, -0.15) is 0 Å². The van der Waals surface area contributed by atoms with Crippen molar-refractivity contribution in [2.45, 2.75) is 45.2 Å². The zero-order chi connectivity index (χ0) is 13.8. The van der Waals surface area contributed by atoms with Crippen molar-refractivity contribution in [1.29, 1.82) is 0 Å². The first-order valence-corrected chi connectivity index (χ1v) is 7.37. The molecule has 0 radical (unpaired) electrons. The molecule has 2 N–H and O–H groups in total. The number of hydrogen-bond acceptors (Lipinski definition) is 3. The standard InChI is InChI=1S/C16H26N2O/c1-4-12(2)18(3)10-9-17-16-8-5-13-11-14(19)6-7-15(13)16/h6-7,11-12,16-17,19H,4-5,8-10H2,1-3H3. The molecule has 106 valence electrons. The topological polar surface area (TPSA) is 35.5 Å². The number of benzene rings is 1. The summed E-state index contributed by atoms with van der Waals surface area (Å²) >= 11 is 0. The van der Waals surface area contributed by atoms with E-state index < -0.39 is 0 Å². The Morgan fingerprint density at radius 2 is 2.26 bits per heavy atom. The highest BCUT2D eigenvalue weighted by molar-refractivity contribution is 5.39. The molecule has 0 saturated carbocycles. The summed E-state index contributed by atoms with van der Waals surface area (Å²) in [5.74, 6) is 0.385. The van der Waals surface area contributed by atoms with Crippen LogP contribution in [0.3, 0.4) is 0 Å². The Hall–Kier alpha value is -1.06. The molecule has 1 aliphatic rings. The van der Waals surface area contributed by atoms with Crippen molar-refractivity contribution in [3.63, 3.8) is 0 Å². The van der Waals surface area contributed by atoms with Gasteiger partial charge < -0.3 is 15.3 Å². The summed E-state index contributed by atoms with van der Waals surface area (Å²) in [6.07, 6.45) is 3.41. The van der Waals surface area contributed by atoms with Crippen LogP contribution < -0.4 is 5.32 Å². The molecule has 1 aromatic carbocycles. The third-order valence-corrected chi connectivity index (χ3v) is 4.40. The molecule has 19 heavy (non-hydrogen) atoms. The number of rotatable bonds is 6. The summed E-state index contributed by atoms with van der Waals surface area (Å²) in [5.41, 5.74) is 2.66. The molecule has 0 amide bonds. The Balaban J connectivity index is 1.83. The number of hydrogen-bond donors (Lipinski definition) is 2.